The Balaban J connectivity index is 2.26. The molecule has 1 atom stereocenters. The van der Waals surface area contributed by atoms with Crippen LogP contribution in [0.25, 0.3) is 0 Å². The monoisotopic (exact) mass is 307 g/mol. The molecule has 0 fully saturated rings. The van der Waals surface area contributed by atoms with E-state index in [1.54, 1.807) is 6.07 Å². The summed E-state index contributed by atoms with van der Waals surface area (Å²) in [6.45, 7) is 0. The van der Waals surface area contributed by atoms with Gasteiger partial charge in [0.25, 0.3) is 0 Å². The Hall–Kier alpha value is -1.19. The maximum Gasteiger partial charge on any atom is 0.127 e. The summed E-state index contributed by atoms with van der Waals surface area (Å²) in [6, 6.07) is 14.9. The van der Waals surface area contributed by atoms with Crippen LogP contribution in [0.3, 0.4) is 0 Å². The first-order chi connectivity index (χ1) is 8.72. The predicted octanol–water partition coefficient (Wildman–Crippen LogP) is 4.09. The number of likely N-dealkylation sites (N-methyl/N-ethyl adjacent to an activating group) is 1. The molecule has 1 N–H and O–H groups in total. The van der Waals surface area contributed by atoms with Crippen molar-refractivity contribution in [1.29, 1.82) is 0 Å². The molecule has 0 radical (unpaired) electrons. The van der Waals surface area contributed by atoms with Gasteiger partial charge in [0.2, 0.25) is 0 Å². The number of rotatable bonds is 4. The van der Waals surface area contributed by atoms with Crippen molar-refractivity contribution in [3.05, 3.63) is 69.9 Å². The van der Waals surface area contributed by atoms with Crippen molar-refractivity contribution >= 4 is 15.9 Å². The summed E-state index contributed by atoms with van der Waals surface area (Å²) in [7, 11) is 1.86. The summed E-state index contributed by atoms with van der Waals surface area (Å²) in [5.41, 5.74) is 1.87. The molecule has 0 aliphatic rings. The minimum absolute atomic E-state index is 0.0232. The van der Waals surface area contributed by atoms with E-state index in [2.05, 4.69) is 27.3 Å². The lowest BCUT2D eigenvalue weighted by Crippen LogP contribution is -2.20. The molecule has 2 rings (SSSR count). The summed E-state index contributed by atoms with van der Waals surface area (Å²) in [5, 5.41) is 3.17. The number of hydrogen-bond acceptors (Lipinski definition) is 1. The number of benzene rings is 2. The predicted molar refractivity (Wildman–Crippen MR) is 76.0 cm³/mol. The molecule has 18 heavy (non-hydrogen) atoms. The van der Waals surface area contributed by atoms with E-state index in [1.165, 1.54) is 11.6 Å². The van der Waals surface area contributed by atoms with Crippen LogP contribution in [0.1, 0.15) is 17.2 Å². The van der Waals surface area contributed by atoms with Crippen LogP contribution in [0.5, 0.6) is 0 Å². The van der Waals surface area contributed by atoms with Crippen molar-refractivity contribution < 1.29 is 4.39 Å². The smallest absolute Gasteiger partial charge is 0.127 e. The molecule has 0 heterocycles. The fraction of sp³-hybridized carbons (Fsp3) is 0.200. The molecule has 2 aromatic carbocycles. The first-order valence-corrected chi connectivity index (χ1v) is 6.66. The second-order valence-corrected chi connectivity index (χ2v) is 5.01. The van der Waals surface area contributed by atoms with E-state index in [-0.39, 0.29) is 11.9 Å². The maximum atomic E-state index is 13.8. The SMILES string of the molecule is CNC(Cc1ccccc1Br)c1ccccc1F. The standard InChI is InChI=1S/C15H15BrFN/c1-18-15(12-7-3-5-9-14(12)17)10-11-6-2-4-8-13(11)16/h2-9,15,18H,10H2,1H3. The molecule has 1 unspecified atom stereocenters. The van der Waals surface area contributed by atoms with Crippen LogP contribution >= 0.6 is 15.9 Å². The molecule has 0 saturated carbocycles. The summed E-state index contributed by atoms with van der Waals surface area (Å²) < 4.78 is 14.8. The van der Waals surface area contributed by atoms with Crippen molar-refractivity contribution in [3.8, 4) is 0 Å². The highest BCUT2D eigenvalue weighted by Crippen LogP contribution is 2.24. The van der Waals surface area contributed by atoms with Gasteiger partial charge in [-0.3, -0.25) is 0 Å². The van der Waals surface area contributed by atoms with Crippen molar-refractivity contribution in [2.75, 3.05) is 7.05 Å². The zero-order valence-electron chi connectivity index (χ0n) is 10.2. The maximum absolute atomic E-state index is 13.8. The molecule has 0 spiro atoms. The van der Waals surface area contributed by atoms with Crippen LogP contribution in [0, 0.1) is 5.82 Å². The molecule has 0 bridgehead atoms. The average Bonchev–Trinajstić information content (AvgIpc) is 2.39. The van der Waals surface area contributed by atoms with Crippen molar-refractivity contribution in [2.24, 2.45) is 0 Å². The normalized spacial score (nSPS) is 12.4. The molecule has 3 heteroatoms. The lowest BCUT2D eigenvalue weighted by Gasteiger charge is -2.18. The van der Waals surface area contributed by atoms with Crippen LogP contribution < -0.4 is 5.32 Å². The van der Waals surface area contributed by atoms with E-state index in [9.17, 15) is 4.39 Å². The highest BCUT2D eigenvalue weighted by Gasteiger charge is 2.14. The van der Waals surface area contributed by atoms with Gasteiger partial charge >= 0.3 is 0 Å². The summed E-state index contributed by atoms with van der Waals surface area (Å²) >= 11 is 3.52. The molecule has 94 valence electrons. The summed E-state index contributed by atoms with van der Waals surface area (Å²) in [5.74, 6) is -0.163. The van der Waals surface area contributed by atoms with E-state index in [0.29, 0.717) is 5.56 Å². The Labute approximate surface area is 115 Å². The molecule has 0 amide bonds. The number of halogens is 2. The van der Waals surface area contributed by atoms with Crippen LogP contribution in [0.4, 0.5) is 4.39 Å². The third kappa shape index (κ3) is 2.98. The molecule has 0 aromatic heterocycles. The van der Waals surface area contributed by atoms with Gasteiger partial charge in [-0.1, -0.05) is 52.3 Å². The highest BCUT2D eigenvalue weighted by atomic mass is 79.9. The molecule has 0 saturated heterocycles. The molecule has 1 nitrogen and oxygen atoms in total. The van der Waals surface area contributed by atoms with Gasteiger partial charge in [-0.15, -0.1) is 0 Å². The van der Waals surface area contributed by atoms with Gasteiger partial charge in [0.15, 0.2) is 0 Å². The molecule has 0 aliphatic heterocycles. The van der Waals surface area contributed by atoms with E-state index >= 15 is 0 Å². The Morgan fingerprint density at radius 3 is 2.44 bits per heavy atom. The zero-order chi connectivity index (χ0) is 13.0. The second kappa shape index (κ2) is 6.12. The van der Waals surface area contributed by atoms with E-state index in [4.69, 9.17) is 0 Å². The largest absolute Gasteiger partial charge is 0.313 e. The van der Waals surface area contributed by atoms with Crippen molar-refractivity contribution in [3.63, 3.8) is 0 Å². The number of nitrogens with one attached hydrogen (secondary N) is 1. The van der Waals surface area contributed by atoms with Gasteiger partial charge in [0.05, 0.1) is 0 Å². The van der Waals surface area contributed by atoms with Gasteiger partial charge in [-0.25, -0.2) is 4.39 Å². The topological polar surface area (TPSA) is 12.0 Å². The third-order valence-corrected chi connectivity index (χ3v) is 3.78. The Bertz CT molecular complexity index is 527. The van der Waals surface area contributed by atoms with Gasteiger partial charge in [-0.05, 0) is 31.2 Å². The van der Waals surface area contributed by atoms with Gasteiger partial charge < -0.3 is 5.32 Å². The van der Waals surface area contributed by atoms with E-state index in [0.717, 1.165) is 10.9 Å². The minimum Gasteiger partial charge on any atom is -0.313 e. The fourth-order valence-corrected chi connectivity index (χ4v) is 2.46. The van der Waals surface area contributed by atoms with Crippen LogP contribution in [0.2, 0.25) is 0 Å². The molecular weight excluding hydrogens is 293 g/mol. The Morgan fingerprint density at radius 1 is 1.11 bits per heavy atom. The average molecular weight is 308 g/mol. The minimum atomic E-state index is -0.163. The van der Waals surface area contributed by atoms with Crippen LogP contribution in [-0.2, 0) is 6.42 Å². The Kier molecular flexibility index (Phi) is 4.50. The zero-order valence-corrected chi connectivity index (χ0v) is 11.7. The summed E-state index contributed by atoms with van der Waals surface area (Å²) in [4.78, 5) is 0. The molecule has 0 aliphatic carbocycles. The Morgan fingerprint density at radius 2 is 1.78 bits per heavy atom. The molecular formula is C15H15BrFN. The van der Waals surface area contributed by atoms with E-state index in [1.807, 2.05) is 37.4 Å². The van der Waals surface area contributed by atoms with Gasteiger partial charge in [0, 0.05) is 16.1 Å². The van der Waals surface area contributed by atoms with Crippen LogP contribution in [0.15, 0.2) is 53.0 Å². The fourth-order valence-electron chi connectivity index (χ4n) is 2.01. The molecule has 2 aromatic rings. The summed E-state index contributed by atoms with van der Waals surface area (Å²) in [6.07, 6.45) is 0.749. The number of hydrogen-bond donors (Lipinski definition) is 1. The first kappa shape index (κ1) is 13.2. The van der Waals surface area contributed by atoms with Crippen molar-refractivity contribution in [2.45, 2.75) is 12.5 Å². The van der Waals surface area contributed by atoms with E-state index < -0.39 is 0 Å². The van der Waals surface area contributed by atoms with Crippen molar-refractivity contribution in [1.82, 2.24) is 5.32 Å². The van der Waals surface area contributed by atoms with Gasteiger partial charge in [-0.2, -0.15) is 0 Å². The second-order valence-electron chi connectivity index (χ2n) is 4.16. The first-order valence-electron chi connectivity index (χ1n) is 5.87. The lowest BCUT2D eigenvalue weighted by molar-refractivity contribution is 0.533. The highest BCUT2D eigenvalue weighted by molar-refractivity contribution is 9.10. The van der Waals surface area contributed by atoms with Gasteiger partial charge in [0.1, 0.15) is 5.82 Å². The quantitative estimate of drug-likeness (QED) is 0.897. The lowest BCUT2D eigenvalue weighted by atomic mass is 9.98. The van der Waals surface area contributed by atoms with Crippen LogP contribution in [-0.4, -0.2) is 7.05 Å². The third-order valence-electron chi connectivity index (χ3n) is 3.01.